The molecule has 1 fully saturated rings. The van der Waals surface area contributed by atoms with Crippen LogP contribution in [0.4, 0.5) is 0 Å². The lowest BCUT2D eigenvalue weighted by Crippen LogP contribution is -2.45. The van der Waals surface area contributed by atoms with Crippen molar-refractivity contribution in [3.8, 4) is 0 Å². The molecule has 1 N–H and O–H groups in total. The van der Waals surface area contributed by atoms with Crippen molar-refractivity contribution in [3.05, 3.63) is 70.3 Å². The van der Waals surface area contributed by atoms with Crippen molar-refractivity contribution in [2.24, 2.45) is 0 Å². The minimum absolute atomic E-state index is 0.197. The Morgan fingerprint density at radius 2 is 1.68 bits per heavy atom. The third-order valence-electron chi connectivity index (χ3n) is 6.42. The van der Waals surface area contributed by atoms with E-state index in [1.807, 2.05) is 25.1 Å². The van der Waals surface area contributed by atoms with Crippen molar-refractivity contribution < 1.29 is 19.1 Å². The number of nitrogens with zero attached hydrogens (tertiary/aromatic N) is 2. The summed E-state index contributed by atoms with van der Waals surface area (Å²) in [6.45, 7) is 9.54. The summed E-state index contributed by atoms with van der Waals surface area (Å²) in [6, 6.07) is 12.9. The van der Waals surface area contributed by atoms with E-state index in [0.717, 1.165) is 38.0 Å². The normalized spacial score (nSPS) is 20.5. The fraction of sp³-hybridized carbons (Fsp3) is 0.444. The van der Waals surface area contributed by atoms with E-state index in [4.69, 9.17) is 4.74 Å². The topological polar surface area (TPSA) is 79.0 Å². The number of ether oxygens (including phenoxy) is 1. The van der Waals surface area contributed by atoms with Crippen molar-refractivity contribution in [1.82, 2.24) is 15.1 Å². The van der Waals surface area contributed by atoms with Crippen LogP contribution in [0.1, 0.15) is 75.8 Å². The maximum Gasteiger partial charge on any atom is 0.261 e. The second-order valence-electron chi connectivity index (χ2n) is 9.28. The number of amides is 3. The average molecular weight is 464 g/mol. The molecule has 34 heavy (non-hydrogen) atoms. The van der Waals surface area contributed by atoms with Crippen LogP contribution in [-0.2, 0) is 17.8 Å². The first kappa shape index (κ1) is 24.1. The summed E-state index contributed by atoms with van der Waals surface area (Å²) in [5.74, 6) is -0.859. The van der Waals surface area contributed by atoms with Crippen LogP contribution in [0.25, 0.3) is 0 Å². The van der Waals surface area contributed by atoms with Gasteiger partial charge in [-0.15, -0.1) is 0 Å². The Balaban J connectivity index is 1.42. The highest BCUT2D eigenvalue weighted by Crippen LogP contribution is 2.24. The van der Waals surface area contributed by atoms with E-state index in [-0.39, 0.29) is 29.9 Å². The second kappa shape index (κ2) is 10.5. The molecule has 0 spiro atoms. The lowest BCUT2D eigenvalue weighted by atomic mass is 10.0. The highest BCUT2D eigenvalue weighted by Gasteiger charge is 2.35. The van der Waals surface area contributed by atoms with Gasteiger partial charge in [-0.05, 0) is 49.6 Å². The Labute approximate surface area is 201 Å². The molecule has 0 aromatic heterocycles. The first-order valence-electron chi connectivity index (χ1n) is 12.1. The van der Waals surface area contributed by atoms with Gasteiger partial charge in [0.25, 0.3) is 17.7 Å². The third-order valence-corrected chi connectivity index (χ3v) is 6.42. The Morgan fingerprint density at radius 1 is 1.00 bits per heavy atom. The van der Waals surface area contributed by atoms with Crippen LogP contribution in [-0.4, -0.2) is 59.4 Å². The molecule has 2 atom stereocenters. The highest BCUT2D eigenvalue weighted by molar-refractivity contribution is 6.22. The quantitative estimate of drug-likeness (QED) is 0.605. The summed E-state index contributed by atoms with van der Waals surface area (Å²) < 4.78 is 5.84. The van der Waals surface area contributed by atoms with E-state index >= 15 is 0 Å². The number of carbonyl (C=O) groups is 3. The number of hydrogen-bond donors (Lipinski definition) is 1. The van der Waals surface area contributed by atoms with Crippen molar-refractivity contribution in [2.75, 3.05) is 19.6 Å². The van der Waals surface area contributed by atoms with Gasteiger partial charge < -0.3 is 10.1 Å². The number of carbonyl (C=O) groups excluding carboxylic acids is 3. The van der Waals surface area contributed by atoms with Gasteiger partial charge in [0.2, 0.25) is 0 Å². The maximum atomic E-state index is 12.9. The molecule has 180 valence electrons. The van der Waals surface area contributed by atoms with E-state index in [2.05, 4.69) is 30.1 Å². The number of rotatable bonds is 8. The van der Waals surface area contributed by atoms with Crippen LogP contribution in [0.2, 0.25) is 0 Å². The Bertz CT molecular complexity index is 1070. The molecular formula is C27H33N3O4. The van der Waals surface area contributed by atoms with E-state index in [9.17, 15) is 14.4 Å². The lowest BCUT2D eigenvalue weighted by Gasteiger charge is -2.35. The molecule has 1 saturated heterocycles. The fourth-order valence-electron chi connectivity index (χ4n) is 4.77. The molecule has 0 bridgehead atoms. The van der Waals surface area contributed by atoms with Gasteiger partial charge in [-0.3, -0.25) is 24.2 Å². The zero-order chi connectivity index (χ0) is 24.2. The number of imide groups is 1. The Morgan fingerprint density at radius 3 is 2.38 bits per heavy atom. The van der Waals surface area contributed by atoms with Crippen LogP contribution in [0.3, 0.4) is 0 Å². The van der Waals surface area contributed by atoms with Crippen LogP contribution < -0.4 is 5.32 Å². The number of fused-ring (bicyclic) bond motifs is 1. The van der Waals surface area contributed by atoms with Gasteiger partial charge in [-0.2, -0.15) is 0 Å². The van der Waals surface area contributed by atoms with Gasteiger partial charge in [0.15, 0.2) is 0 Å². The smallest absolute Gasteiger partial charge is 0.261 e. The van der Waals surface area contributed by atoms with Crippen LogP contribution >= 0.6 is 0 Å². The number of unbranched alkanes of at least 4 members (excludes halogenated alkanes) is 1. The Hall–Kier alpha value is -3.03. The number of benzene rings is 2. The summed E-state index contributed by atoms with van der Waals surface area (Å²) in [7, 11) is 0. The number of hydrogen-bond acceptors (Lipinski definition) is 5. The van der Waals surface area contributed by atoms with Crippen molar-refractivity contribution in [2.45, 2.75) is 58.9 Å². The summed E-state index contributed by atoms with van der Waals surface area (Å²) >= 11 is 0. The first-order valence-corrected chi connectivity index (χ1v) is 12.1. The molecule has 4 rings (SSSR count). The van der Waals surface area contributed by atoms with E-state index in [0.29, 0.717) is 29.8 Å². The predicted molar refractivity (Wildman–Crippen MR) is 130 cm³/mol. The SMILES string of the molecule is CCCCN1C(=O)c2ccc(C(=O)NCc3ccccc3CN3CC(C)OC(C)C3)cc2C1=O. The van der Waals surface area contributed by atoms with Gasteiger partial charge in [0.1, 0.15) is 0 Å². The first-order chi connectivity index (χ1) is 16.4. The highest BCUT2D eigenvalue weighted by atomic mass is 16.5. The predicted octanol–water partition coefficient (Wildman–Crippen LogP) is 3.62. The molecule has 0 saturated carbocycles. The summed E-state index contributed by atoms with van der Waals surface area (Å²) in [5, 5.41) is 2.98. The molecule has 2 aliphatic heterocycles. The number of nitrogens with one attached hydrogen (secondary N) is 1. The maximum absolute atomic E-state index is 12.9. The zero-order valence-corrected chi connectivity index (χ0v) is 20.2. The minimum Gasteiger partial charge on any atom is -0.373 e. The molecule has 2 aromatic rings. The molecule has 0 radical (unpaired) electrons. The minimum atomic E-state index is -0.317. The molecule has 7 heteroatoms. The summed E-state index contributed by atoms with van der Waals surface area (Å²) in [6.07, 6.45) is 2.05. The molecule has 0 aliphatic carbocycles. The Kier molecular flexibility index (Phi) is 7.44. The molecule has 2 aliphatic rings. The van der Waals surface area contributed by atoms with Gasteiger partial charge in [-0.1, -0.05) is 37.6 Å². The fourth-order valence-corrected chi connectivity index (χ4v) is 4.77. The molecular weight excluding hydrogens is 430 g/mol. The monoisotopic (exact) mass is 463 g/mol. The zero-order valence-electron chi connectivity index (χ0n) is 20.2. The van der Waals surface area contributed by atoms with Crippen LogP contribution in [0.5, 0.6) is 0 Å². The van der Waals surface area contributed by atoms with E-state index in [1.165, 1.54) is 10.5 Å². The summed E-state index contributed by atoms with van der Waals surface area (Å²) in [4.78, 5) is 41.8. The standard InChI is InChI=1S/C27H33N3O4/c1-4-5-12-30-26(32)23-11-10-20(13-24(23)27(30)33)25(31)28-14-21-8-6-7-9-22(21)17-29-15-18(2)34-19(3)16-29/h6-11,13,18-19H,4-5,12,14-17H2,1-3H3,(H,28,31). The summed E-state index contributed by atoms with van der Waals surface area (Å²) in [5.41, 5.74) is 3.29. The molecule has 2 aromatic carbocycles. The molecule has 7 nitrogen and oxygen atoms in total. The third kappa shape index (κ3) is 5.21. The van der Waals surface area contributed by atoms with Gasteiger partial charge in [0, 0.05) is 38.3 Å². The van der Waals surface area contributed by atoms with Crippen molar-refractivity contribution >= 4 is 17.7 Å². The second-order valence-corrected chi connectivity index (χ2v) is 9.28. The number of morpholine rings is 1. The van der Waals surface area contributed by atoms with Gasteiger partial charge >= 0.3 is 0 Å². The lowest BCUT2D eigenvalue weighted by molar-refractivity contribution is -0.0705. The van der Waals surface area contributed by atoms with Crippen molar-refractivity contribution in [1.29, 1.82) is 0 Å². The van der Waals surface area contributed by atoms with Crippen LogP contribution in [0, 0.1) is 0 Å². The van der Waals surface area contributed by atoms with Crippen molar-refractivity contribution in [3.63, 3.8) is 0 Å². The molecule has 2 unspecified atom stereocenters. The van der Waals surface area contributed by atoms with E-state index < -0.39 is 0 Å². The van der Waals surface area contributed by atoms with Gasteiger partial charge in [-0.25, -0.2) is 0 Å². The molecule has 3 amide bonds. The van der Waals surface area contributed by atoms with Gasteiger partial charge in [0.05, 0.1) is 23.3 Å². The molecule has 2 heterocycles. The average Bonchev–Trinajstić information content (AvgIpc) is 3.05. The van der Waals surface area contributed by atoms with E-state index in [1.54, 1.807) is 18.2 Å². The largest absolute Gasteiger partial charge is 0.373 e. The van der Waals surface area contributed by atoms with Crippen LogP contribution in [0.15, 0.2) is 42.5 Å².